The van der Waals surface area contributed by atoms with Crippen LogP contribution < -0.4 is 5.32 Å². The lowest BCUT2D eigenvalue weighted by Gasteiger charge is -2.29. The van der Waals surface area contributed by atoms with Crippen molar-refractivity contribution in [2.45, 2.75) is 50.4 Å². The van der Waals surface area contributed by atoms with Crippen molar-refractivity contribution in [3.8, 4) is 11.4 Å². The fourth-order valence-electron chi connectivity index (χ4n) is 4.06. The first-order valence-electron chi connectivity index (χ1n) is 10.8. The van der Waals surface area contributed by atoms with E-state index in [1.807, 2.05) is 42.5 Å². The van der Waals surface area contributed by atoms with Gasteiger partial charge >= 0.3 is 0 Å². The number of hydrogen-bond donors (Lipinski definition) is 1. The predicted octanol–water partition coefficient (Wildman–Crippen LogP) is 5.54. The first-order chi connectivity index (χ1) is 15.1. The summed E-state index contributed by atoms with van der Waals surface area (Å²) in [6, 6.07) is 18.6. The van der Waals surface area contributed by atoms with Crippen molar-refractivity contribution >= 4 is 33.6 Å². The number of rotatable bonds is 7. The summed E-state index contributed by atoms with van der Waals surface area (Å²) in [5.74, 6) is 1.75. The maximum absolute atomic E-state index is 12.6. The molecule has 0 radical (unpaired) electrons. The predicted molar refractivity (Wildman–Crippen MR) is 129 cm³/mol. The van der Waals surface area contributed by atoms with E-state index >= 15 is 0 Å². The zero-order valence-electron chi connectivity index (χ0n) is 17.6. The van der Waals surface area contributed by atoms with Crippen LogP contribution in [0, 0.1) is 5.92 Å². The van der Waals surface area contributed by atoms with E-state index in [4.69, 9.17) is 0 Å². The summed E-state index contributed by atoms with van der Waals surface area (Å²) in [5, 5.41) is 12.9. The number of carbonyl (C=O) groups excluding carboxylic acids is 1. The van der Waals surface area contributed by atoms with Gasteiger partial charge in [-0.2, -0.15) is 0 Å². The quantitative estimate of drug-likeness (QED) is 0.434. The Hall–Kier alpha value is -2.12. The van der Waals surface area contributed by atoms with E-state index in [0.717, 1.165) is 33.0 Å². The third-order valence-electron chi connectivity index (χ3n) is 5.81. The number of amides is 1. The van der Waals surface area contributed by atoms with Crippen molar-refractivity contribution in [3.05, 3.63) is 64.6 Å². The van der Waals surface area contributed by atoms with Crippen molar-refractivity contribution in [1.82, 2.24) is 20.1 Å². The minimum absolute atomic E-state index is 0.0699. The van der Waals surface area contributed by atoms with Gasteiger partial charge in [0.25, 0.3) is 0 Å². The van der Waals surface area contributed by atoms with Crippen molar-refractivity contribution in [1.29, 1.82) is 0 Å². The summed E-state index contributed by atoms with van der Waals surface area (Å²) in [5.41, 5.74) is 2.15. The number of halogens is 1. The Kier molecular flexibility index (Phi) is 7.45. The first kappa shape index (κ1) is 22.1. The van der Waals surface area contributed by atoms with Crippen molar-refractivity contribution < 1.29 is 4.79 Å². The van der Waals surface area contributed by atoms with E-state index in [1.165, 1.54) is 31.0 Å². The summed E-state index contributed by atoms with van der Waals surface area (Å²) < 4.78 is 3.06. The summed E-state index contributed by atoms with van der Waals surface area (Å²) in [6.07, 6.45) is 4.73. The molecule has 7 heteroatoms. The number of aromatic nitrogens is 3. The second kappa shape index (κ2) is 10.5. The van der Waals surface area contributed by atoms with Crippen LogP contribution in [0.3, 0.4) is 0 Å². The topological polar surface area (TPSA) is 59.8 Å². The number of thioether (sulfide) groups is 1. The second-order valence-corrected chi connectivity index (χ2v) is 9.88. The van der Waals surface area contributed by atoms with Gasteiger partial charge in [0, 0.05) is 16.1 Å². The van der Waals surface area contributed by atoms with Gasteiger partial charge in [0.2, 0.25) is 5.91 Å². The molecule has 2 aromatic carbocycles. The first-order valence-corrected chi connectivity index (χ1v) is 12.5. The van der Waals surface area contributed by atoms with Gasteiger partial charge in [0.15, 0.2) is 11.0 Å². The highest BCUT2D eigenvalue weighted by Gasteiger charge is 2.23. The molecule has 162 valence electrons. The van der Waals surface area contributed by atoms with E-state index in [9.17, 15) is 4.79 Å². The Morgan fingerprint density at radius 3 is 2.61 bits per heavy atom. The minimum Gasteiger partial charge on any atom is -0.352 e. The average molecular weight is 499 g/mol. The van der Waals surface area contributed by atoms with Gasteiger partial charge in [-0.05, 0) is 30.4 Å². The third kappa shape index (κ3) is 5.57. The molecule has 1 aliphatic rings. The van der Waals surface area contributed by atoms with Crippen LogP contribution in [0.1, 0.15) is 38.2 Å². The van der Waals surface area contributed by atoms with Crippen molar-refractivity contribution in [2.24, 2.45) is 5.92 Å². The Bertz CT molecular complexity index is 1020. The molecular weight excluding hydrogens is 472 g/mol. The maximum atomic E-state index is 12.6. The van der Waals surface area contributed by atoms with E-state index < -0.39 is 0 Å². The zero-order chi connectivity index (χ0) is 21.6. The summed E-state index contributed by atoms with van der Waals surface area (Å²) in [4.78, 5) is 12.6. The highest BCUT2D eigenvalue weighted by molar-refractivity contribution is 9.10. The van der Waals surface area contributed by atoms with E-state index in [1.54, 1.807) is 0 Å². The summed E-state index contributed by atoms with van der Waals surface area (Å²) in [6.45, 7) is 2.88. The molecule has 2 atom stereocenters. The standard InChI is InChI=1S/C24H27BrN4OS/c1-17-9-5-8-14-21(17)26-22(30)16-31-24-28-27-23(19-12-6-7-13-20(19)25)29(24)15-18-10-3-2-4-11-18/h2-4,6-7,10-13,17,21H,5,8-9,14-16H2,1H3,(H,26,30)/t17-,21+/m0/s1. The van der Waals surface area contributed by atoms with Crippen LogP contribution in [0.5, 0.6) is 0 Å². The highest BCUT2D eigenvalue weighted by atomic mass is 79.9. The molecule has 1 fully saturated rings. The number of nitrogens with one attached hydrogen (secondary N) is 1. The summed E-state index contributed by atoms with van der Waals surface area (Å²) in [7, 11) is 0. The normalized spacial score (nSPS) is 18.6. The zero-order valence-corrected chi connectivity index (χ0v) is 20.0. The molecule has 0 unspecified atom stereocenters. The molecule has 4 rings (SSSR count). The van der Waals surface area contributed by atoms with Crippen molar-refractivity contribution in [2.75, 3.05) is 5.75 Å². The molecule has 0 aliphatic heterocycles. The van der Waals surface area contributed by atoms with Crippen LogP contribution in [0.15, 0.2) is 64.2 Å². The van der Waals surface area contributed by atoms with E-state index in [-0.39, 0.29) is 5.91 Å². The van der Waals surface area contributed by atoms with Gasteiger partial charge in [0.05, 0.1) is 12.3 Å². The Morgan fingerprint density at radius 1 is 1.10 bits per heavy atom. The molecule has 1 aromatic heterocycles. The average Bonchev–Trinajstić information content (AvgIpc) is 3.17. The monoisotopic (exact) mass is 498 g/mol. The van der Waals surface area contributed by atoms with Gasteiger partial charge < -0.3 is 5.32 Å². The summed E-state index contributed by atoms with van der Waals surface area (Å²) >= 11 is 5.08. The smallest absolute Gasteiger partial charge is 0.230 e. The molecule has 0 bridgehead atoms. The molecule has 1 N–H and O–H groups in total. The number of carbonyl (C=O) groups is 1. The van der Waals surface area contributed by atoms with Gasteiger partial charge in [0.1, 0.15) is 0 Å². The molecule has 31 heavy (non-hydrogen) atoms. The molecule has 1 amide bonds. The molecule has 1 aliphatic carbocycles. The lowest BCUT2D eigenvalue weighted by Crippen LogP contribution is -2.41. The van der Waals surface area contributed by atoms with E-state index in [2.05, 4.69) is 55.1 Å². The van der Waals surface area contributed by atoms with Crippen LogP contribution in [0.25, 0.3) is 11.4 Å². The van der Waals surface area contributed by atoms with Gasteiger partial charge in [-0.25, -0.2) is 0 Å². The van der Waals surface area contributed by atoms with Gasteiger partial charge in [-0.15, -0.1) is 10.2 Å². The van der Waals surface area contributed by atoms with Crippen LogP contribution in [-0.2, 0) is 11.3 Å². The minimum atomic E-state index is 0.0699. The van der Waals surface area contributed by atoms with E-state index in [0.29, 0.717) is 24.3 Å². The Balaban J connectivity index is 1.53. The van der Waals surface area contributed by atoms with Crippen LogP contribution >= 0.6 is 27.7 Å². The second-order valence-electron chi connectivity index (χ2n) is 8.08. The van der Waals surface area contributed by atoms with Crippen LogP contribution in [-0.4, -0.2) is 32.5 Å². The maximum Gasteiger partial charge on any atom is 0.230 e. The van der Waals surface area contributed by atoms with Gasteiger partial charge in [-0.3, -0.25) is 9.36 Å². The van der Waals surface area contributed by atoms with Crippen LogP contribution in [0.4, 0.5) is 0 Å². The number of hydrogen-bond acceptors (Lipinski definition) is 4. The lowest BCUT2D eigenvalue weighted by molar-refractivity contribution is -0.119. The lowest BCUT2D eigenvalue weighted by atomic mass is 9.86. The molecule has 1 saturated carbocycles. The van der Waals surface area contributed by atoms with Gasteiger partial charge in [-0.1, -0.05) is 96.0 Å². The molecule has 0 saturated heterocycles. The molecule has 5 nitrogen and oxygen atoms in total. The SMILES string of the molecule is C[C@H]1CCCC[C@H]1NC(=O)CSc1nnc(-c2ccccc2Br)n1Cc1ccccc1. The molecule has 1 heterocycles. The molecule has 0 spiro atoms. The fraction of sp³-hybridized carbons (Fsp3) is 0.375. The highest BCUT2D eigenvalue weighted by Crippen LogP contribution is 2.30. The van der Waals surface area contributed by atoms with Crippen LogP contribution in [0.2, 0.25) is 0 Å². The number of nitrogens with zero attached hydrogens (tertiary/aromatic N) is 3. The fourth-order valence-corrected chi connectivity index (χ4v) is 5.27. The van der Waals surface area contributed by atoms with Crippen molar-refractivity contribution in [3.63, 3.8) is 0 Å². The molecular formula is C24H27BrN4OS. The molecule has 3 aromatic rings. The number of benzene rings is 2. The largest absolute Gasteiger partial charge is 0.352 e. The Morgan fingerprint density at radius 2 is 1.84 bits per heavy atom. The third-order valence-corrected chi connectivity index (χ3v) is 7.46. The Labute approximate surface area is 196 Å².